The van der Waals surface area contributed by atoms with Crippen molar-refractivity contribution in [3.05, 3.63) is 54.1 Å². The zero-order valence-corrected chi connectivity index (χ0v) is 12.1. The van der Waals surface area contributed by atoms with Crippen LogP contribution in [0.5, 0.6) is 11.5 Å². The van der Waals surface area contributed by atoms with Gasteiger partial charge in [0.15, 0.2) is 0 Å². The lowest BCUT2D eigenvalue weighted by molar-refractivity contribution is -0.131. The van der Waals surface area contributed by atoms with Gasteiger partial charge in [0.05, 0.1) is 5.56 Å². The lowest BCUT2D eigenvalue weighted by Gasteiger charge is -2.10. The third kappa shape index (κ3) is 4.77. The molecule has 0 heterocycles. The summed E-state index contributed by atoms with van der Waals surface area (Å²) in [6.07, 6.45) is 0. The van der Waals surface area contributed by atoms with Gasteiger partial charge in [0, 0.05) is 12.6 Å². The summed E-state index contributed by atoms with van der Waals surface area (Å²) in [7, 11) is 0. The van der Waals surface area contributed by atoms with Gasteiger partial charge in [-0.1, -0.05) is 12.1 Å². The van der Waals surface area contributed by atoms with E-state index in [9.17, 15) is 18.4 Å². The highest BCUT2D eigenvalue weighted by molar-refractivity contribution is 6.06. The molecule has 120 valence electrons. The highest BCUT2D eigenvalue weighted by Crippen LogP contribution is 2.22. The third-order valence-electron chi connectivity index (χ3n) is 2.72. The number of rotatable bonds is 5. The van der Waals surface area contributed by atoms with Crippen molar-refractivity contribution in [3.8, 4) is 11.5 Å². The van der Waals surface area contributed by atoms with E-state index in [1.165, 1.54) is 43.3 Å². The maximum atomic E-state index is 12.2. The maximum Gasteiger partial charge on any atom is 0.387 e. The number of anilines is 1. The smallest absolute Gasteiger partial charge is 0.387 e. The molecule has 0 atom stereocenters. The van der Waals surface area contributed by atoms with E-state index in [2.05, 4.69) is 10.1 Å². The molecule has 0 fully saturated rings. The second-order valence-corrected chi connectivity index (χ2v) is 4.45. The minimum absolute atomic E-state index is 0.0155. The molecular weight excluding hydrogens is 308 g/mol. The molecule has 0 saturated heterocycles. The fourth-order valence-electron chi connectivity index (χ4n) is 1.82. The molecule has 0 saturated carbocycles. The molecule has 0 aliphatic rings. The summed E-state index contributed by atoms with van der Waals surface area (Å²) in [5, 5.41) is 2.58. The fraction of sp³-hybridized carbons (Fsp3) is 0.125. The van der Waals surface area contributed by atoms with Crippen molar-refractivity contribution in [2.45, 2.75) is 13.5 Å². The van der Waals surface area contributed by atoms with Crippen LogP contribution >= 0.6 is 0 Å². The van der Waals surface area contributed by atoms with Crippen molar-refractivity contribution >= 4 is 17.6 Å². The Morgan fingerprint density at radius 1 is 1.04 bits per heavy atom. The Labute approximate surface area is 130 Å². The summed E-state index contributed by atoms with van der Waals surface area (Å²) in [5.74, 6) is -0.920. The van der Waals surface area contributed by atoms with Crippen LogP contribution in [-0.4, -0.2) is 18.5 Å². The average molecular weight is 321 g/mol. The third-order valence-corrected chi connectivity index (χ3v) is 2.72. The molecule has 0 aliphatic carbocycles. The van der Waals surface area contributed by atoms with Crippen LogP contribution in [-0.2, 0) is 4.79 Å². The SMILES string of the molecule is CC(=O)Oc1ccccc1C(=O)Nc1ccc(OC(F)F)cc1. The van der Waals surface area contributed by atoms with Crippen LogP contribution in [0, 0.1) is 0 Å². The predicted octanol–water partition coefficient (Wildman–Crippen LogP) is 3.47. The summed E-state index contributed by atoms with van der Waals surface area (Å²) in [5.41, 5.74) is 0.560. The number of esters is 1. The van der Waals surface area contributed by atoms with E-state index >= 15 is 0 Å². The Morgan fingerprint density at radius 2 is 1.70 bits per heavy atom. The molecule has 1 amide bonds. The highest BCUT2D eigenvalue weighted by Gasteiger charge is 2.14. The number of carbonyl (C=O) groups excluding carboxylic acids is 2. The first-order chi connectivity index (χ1) is 11.0. The number of carbonyl (C=O) groups is 2. The molecule has 0 aliphatic heterocycles. The van der Waals surface area contributed by atoms with Gasteiger partial charge in [-0.05, 0) is 36.4 Å². The predicted molar refractivity (Wildman–Crippen MR) is 78.8 cm³/mol. The van der Waals surface area contributed by atoms with Crippen LogP contribution in [0.15, 0.2) is 48.5 Å². The standard InChI is InChI=1S/C16H13F2NO4/c1-10(20)22-14-5-3-2-4-13(14)15(21)19-11-6-8-12(9-7-11)23-16(17)18/h2-9,16H,1H3,(H,19,21). The average Bonchev–Trinajstić information content (AvgIpc) is 2.48. The van der Waals surface area contributed by atoms with Crippen LogP contribution in [0.3, 0.4) is 0 Å². The van der Waals surface area contributed by atoms with Gasteiger partial charge in [0.1, 0.15) is 11.5 Å². The molecular formula is C16H13F2NO4. The molecule has 23 heavy (non-hydrogen) atoms. The van der Waals surface area contributed by atoms with Crippen LogP contribution < -0.4 is 14.8 Å². The van der Waals surface area contributed by atoms with Gasteiger partial charge in [-0.2, -0.15) is 8.78 Å². The van der Waals surface area contributed by atoms with Gasteiger partial charge in [-0.25, -0.2) is 0 Å². The zero-order valence-electron chi connectivity index (χ0n) is 12.1. The first-order valence-corrected chi connectivity index (χ1v) is 6.59. The van der Waals surface area contributed by atoms with Crippen molar-refractivity contribution in [2.75, 3.05) is 5.32 Å². The molecule has 0 aromatic heterocycles. The summed E-state index contributed by atoms with van der Waals surface area (Å²) >= 11 is 0. The second-order valence-electron chi connectivity index (χ2n) is 4.45. The Balaban J connectivity index is 2.11. The van der Waals surface area contributed by atoms with E-state index in [0.29, 0.717) is 5.69 Å². The number of alkyl halides is 2. The van der Waals surface area contributed by atoms with Crippen molar-refractivity contribution in [1.82, 2.24) is 0 Å². The lowest BCUT2D eigenvalue weighted by Crippen LogP contribution is -2.14. The number of benzene rings is 2. The van der Waals surface area contributed by atoms with Crippen LogP contribution in [0.4, 0.5) is 14.5 Å². The summed E-state index contributed by atoms with van der Waals surface area (Å²) < 4.78 is 33.3. The van der Waals surface area contributed by atoms with E-state index < -0.39 is 18.5 Å². The van der Waals surface area contributed by atoms with E-state index in [1.54, 1.807) is 12.1 Å². The Morgan fingerprint density at radius 3 is 2.30 bits per heavy atom. The first kappa shape index (κ1) is 16.4. The largest absolute Gasteiger partial charge is 0.435 e. The van der Waals surface area contributed by atoms with Gasteiger partial charge in [-0.15, -0.1) is 0 Å². The minimum Gasteiger partial charge on any atom is -0.435 e. The van der Waals surface area contributed by atoms with Crippen molar-refractivity contribution in [2.24, 2.45) is 0 Å². The van der Waals surface area contributed by atoms with E-state index in [-0.39, 0.29) is 17.1 Å². The van der Waals surface area contributed by atoms with Crippen LogP contribution in [0.25, 0.3) is 0 Å². The minimum atomic E-state index is -2.91. The molecule has 2 aromatic rings. The molecule has 5 nitrogen and oxygen atoms in total. The number of ether oxygens (including phenoxy) is 2. The molecule has 2 aromatic carbocycles. The summed E-state index contributed by atoms with van der Waals surface area (Å²) in [6.45, 7) is -1.68. The van der Waals surface area contributed by atoms with Crippen molar-refractivity contribution < 1.29 is 27.8 Å². The quantitative estimate of drug-likeness (QED) is 0.676. The van der Waals surface area contributed by atoms with Gasteiger partial charge < -0.3 is 14.8 Å². The first-order valence-electron chi connectivity index (χ1n) is 6.59. The van der Waals surface area contributed by atoms with Crippen molar-refractivity contribution in [1.29, 1.82) is 0 Å². The Hall–Kier alpha value is -2.96. The normalized spacial score (nSPS) is 10.3. The van der Waals surface area contributed by atoms with Gasteiger partial charge in [0.2, 0.25) is 0 Å². The fourth-order valence-corrected chi connectivity index (χ4v) is 1.82. The number of para-hydroxylation sites is 1. The highest BCUT2D eigenvalue weighted by atomic mass is 19.3. The molecule has 2 rings (SSSR count). The topological polar surface area (TPSA) is 64.6 Å². The number of hydrogen-bond donors (Lipinski definition) is 1. The monoisotopic (exact) mass is 321 g/mol. The molecule has 0 radical (unpaired) electrons. The van der Waals surface area contributed by atoms with E-state index in [1.807, 2.05) is 0 Å². The van der Waals surface area contributed by atoms with Gasteiger partial charge >= 0.3 is 12.6 Å². The number of nitrogens with one attached hydrogen (secondary N) is 1. The van der Waals surface area contributed by atoms with Gasteiger partial charge in [0.25, 0.3) is 5.91 Å². The summed E-state index contributed by atoms with van der Waals surface area (Å²) in [4.78, 5) is 23.3. The molecule has 0 bridgehead atoms. The van der Waals surface area contributed by atoms with Crippen molar-refractivity contribution in [3.63, 3.8) is 0 Å². The van der Waals surface area contributed by atoms with E-state index in [4.69, 9.17) is 4.74 Å². The maximum absolute atomic E-state index is 12.2. The van der Waals surface area contributed by atoms with Crippen LogP contribution in [0.2, 0.25) is 0 Å². The number of hydrogen-bond acceptors (Lipinski definition) is 4. The zero-order chi connectivity index (χ0) is 16.8. The Kier molecular flexibility index (Phi) is 5.24. The molecule has 7 heteroatoms. The van der Waals surface area contributed by atoms with Crippen LogP contribution in [0.1, 0.15) is 17.3 Å². The van der Waals surface area contributed by atoms with E-state index in [0.717, 1.165) is 0 Å². The van der Waals surface area contributed by atoms with Gasteiger partial charge in [-0.3, -0.25) is 9.59 Å². The molecule has 1 N–H and O–H groups in total. The lowest BCUT2D eigenvalue weighted by atomic mass is 10.2. The molecule has 0 unspecified atom stereocenters. The number of halogens is 2. The summed E-state index contributed by atoms with van der Waals surface area (Å²) in [6, 6.07) is 11.7. The molecule has 0 spiro atoms. The Bertz CT molecular complexity index is 701. The second kappa shape index (κ2) is 7.35. The number of amides is 1.